The topological polar surface area (TPSA) is 67.8 Å². The molecular weight excluding hydrogens is 304 g/mol. The molecule has 1 fully saturated rings. The van der Waals surface area contributed by atoms with Crippen LogP contribution in [0.5, 0.6) is 5.88 Å². The van der Waals surface area contributed by atoms with Gasteiger partial charge in [-0.2, -0.15) is 0 Å². The standard InChI is InChI=1S/C18H30N4O2/c1-19-17(21-13-15-7-6-11-20-16(15)24-3)22-14-18(10-12-23-2)8-4-5-9-18/h6-7,11H,4-5,8-10,12-14H2,1-3H3,(H2,19,21,22). The Morgan fingerprint density at radius 1 is 1.29 bits per heavy atom. The predicted molar refractivity (Wildman–Crippen MR) is 96.4 cm³/mol. The van der Waals surface area contributed by atoms with Crippen LogP contribution in [0.4, 0.5) is 0 Å². The van der Waals surface area contributed by atoms with Gasteiger partial charge in [0.05, 0.1) is 7.11 Å². The molecule has 1 aromatic rings. The third-order valence-corrected chi connectivity index (χ3v) is 4.84. The van der Waals surface area contributed by atoms with Crippen molar-refractivity contribution in [3.63, 3.8) is 0 Å². The van der Waals surface area contributed by atoms with Crippen molar-refractivity contribution in [3.8, 4) is 5.88 Å². The maximum atomic E-state index is 5.30. The molecule has 0 radical (unpaired) electrons. The molecular formula is C18H30N4O2. The van der Waals surface area contributed by atoms with Crippen LogP contribution in [-0.4, -0.2) is 45.4 Å². The fraction of sp³-hybridized carbons (Fsp3) is 0.667. The molecule has 0 saturated heterocycles. The minimum absolute atomic E-state index is 0.333. The Morgan fingerprint density at radius 3 is 2.75 bits per heavy atom. The van der Waals surface area contributed by atoms with Gasteiger partial charge < -0.3 is 20.1 Å². The van der Waals surface area contributed by atoms with Gasteiger partial charge in [-0.3, -0.25) is 4.99 Å². The molecule has 0 amide bonds. The predicted octanol–water partition coefficient (Wildman–Crippen LogP) is 2.35. The summed E-state index contributed by atoms with van der Waals surface area (Å²) in [6.45, 7) is 2.38. The van der Waals surface area contributed by atoms with Gasteiger partial charge in [0.1, 0.15) is 0 Å². The quantitative estimate of drug-likeness (QED) is 0.564. The van der Waals surface area contributed by atoms with Crippen LogP contribution >= 0.6 is 0 Å². The van der Waals surface area contributed by atoms with Crippen molar-refractivity contribution in [2.24, 2.45) is 10.4 Å². The number of aromatic nitrogens is 1. The highest BCUT2D eigenvalue weighted by molar-refractivity contribution is 5.79. The monoisotopic (exact) mass is 334 g/mol. The van der Waals surface area contributed by atoms with Gasteiger partial charge in [0.25, 0.3) is 0 Å². The summed E-state index contributed by atoms with van der Waals surface area (Å²) in [5, 5.41) is 6.84. The lowest BCUT2D eigenvalue weighted by Crippen LogP contribution is -2.43. The van der Waals surface area contributed by atoms with Crippen molar-refractivity contribution in [1.82, 2.24) is 15.6 Å². The smallest absolute Gasteiger partial charge is 0.218 e. The summed E-state index contributed by atoms with van der Waals surface area (Å²) in [4.78, 5) is 8.55. The van der Waals surface area contributed by atoms with Crippen LogP contribution in [0.3, 0.4) is 0 Å². The lowest BCUT2D eigenvalue weighted by Gasteiger charge is -2.30. The molecule has 1 saturated carbocycles. The highest BCUT2D eigenvalue weighted by atomic mass is 16.5. The summed E-state index contributed by atoms with van der Waals surface area (Å²) in [7, 11) is 5.21. The Morgan fingerprint density at radius 2 is 2.08 bits per heavy atom. The fourth-order valence-corrected chi connectivity index (χ4v) is 3.37. The molecule has 1 aromatic heterocycles. The molecule has 134 valence electrons. The first kappa shape index (κ1) is 18.5. The second-order valence-electron chi connectivity index (χ2n) is 6.40. The van der Waals surface area contributed by atoms with Gasteiger partial charge in [-0.05, 0) is 30.7 Å². The SMILES string of the molecule is CN=C(NCc1cccnc1OC)NCC1(CCOC)CCCC1. The molecule has 2 rings (SSSR count). The van der Waals surface area contributed by atoms with Crippen molar-refractivity contribution < 1.29 is 9.47 Å². The number of methoxy groups -OCH3 is 2. The Hall–Kier alpha value is -1.82. The first-order chi connectivity index (χ1) is 11.7. The molecule has 1 aliphatic carbocycles. The summed E-state index contributed by atoms with van der Waals surface area (Å²) in [6.07, 6.45) is 7.97. The largest absolute Gasteiger partial charge is 0.481 e. The van der Waals surface area contributed by atoms with Crippen LogP contribution in [0.1, 0.15) is 37.7 Å². The maximum Gasteiger partial charge on any atom is 0.218 e. The minimum atomic E-state index is 0.333. The summed E-state index contributed by atoms with van der Waals surface area (Å²) in [6, 6.07) is 3.91. The molecule has 0 bridgehead atoms. The summed E-state index contributed by atoms with van der Waals surface area (Å²) < 4.78 is 10.6. The number of pyridine rings is 1. The number of aliphatic imine (C=N–C) groups is 1. The maximum absolute atomic E-state index is 5.30. The first-order valence-corrected chi connectivity index (χ1v) is 8.64. The van der Waals surface area contributed by atoms with Gasteiger partial charge >= 0.3 is 0 Å². The molecule has 1 aliphatic rings. The third kappa shape index (κ3) is 5.09. The van der Waals surface area contributed by atoms with E-state index < -0.39 is 0 Å². The molecule has 6 heteroatoms. The van der Waals surface area contributed by atoms with Gasteiger partial charge in [0.2, 0.25) is 5.88 Å². The Labute approximate surface area is 145 Å². The summed E-state index contributed by atoms with van der Waals surface area (Å²) in [5.41, 5.74) is 1.34. The number of nitrogens with one attached hydrogen (secondary N) is 2. The third-order valence-electron chi connectivity index (χ3n) is 4.84. The summed E-state index contributed by atoms with van der Waals surface area (Å²) in [5.74, 6) is 1.46. The molecule has 0 aromatic carbocycles. The van der Waals surface area contributed by atoms with Crippen molar-refractivity contribution in [1.29, 1.82) is 0 Å². The number of guanidine groups is 1. The van der Waals surface area contributed by atoms with E-state index in [0.717, 1.165) is 31.1 Å². The second-order valence-corrected chi connectivity index (χ2v) is 6.40. The van der Waals surface area contributed by atoms with Crippen molar-refractivity contribution in [3.05, 3.63) is 23.9 Å². The van der Waals surface area contributed by atoms with E-state index in [1.807, 2.05) is 12.1 Å². The normalized spacial score (nSPS) is 16.9. The van der Waals surface area contributed by atoms with Crippen molar-refractivity contribution in [2.75, 3.05) is 34.4 Å². The molecule has 0 atom stereocenters. The van der Waals surface area contributed by atoms with Gasteiger partial charge in [-0.15, -0.1) is 0 Å². The second kappa shape index (κ2) is 9.47. The van der Waals surface area contributed by atoms with E-state index in [2.05, 4.69) is 20.6 Å². The van der Waals surface area contributed by atoms with Crippen LogP contribution in [0.15, 0.2) is 23.3 Å². The van der Waals surface area contributed by atoms with E-state index in [4.69, 9.17) is 9.47 Å². The van der Waals surface area contributed by atoms with Gasteiger partial charge in [-0.1, -0.05) is 18.9 Å². The van der Waals surface area contributed by atoms with E-state index in [-0.39, 0.29) is 0 Å². The molecule has 2 N–H and O–H groups in total. The fourth-order valence-electron chi connectivity index (χ4n) is 3.37. The molecule has 0 spiro atoms. The average molecular weight is 334 g/mol. The van der Waals surface area contributed by atoms with Crippen molar-refractivity contribution >= 4 is 5.96 Å². The van der Waals surface area contributed by atoms with Crippen LogP contribution < -0.4 is 15.4 Å². The number of rotatable bonds is 8. The number of hydrogen-bond donors (Lipinski definition) is 2. The highest BCUT2D eigenvalue weighted by Gasteiger charge is 2.33. The zero-order chi connectivity index (χ0) is 17.3. The summed E-state index contributed by atoms with van der Waals surface area (Å²) >= 11 is 0. The Bertz CT molecular complexity index is 528. The van der Waals surface area contributed by atoms with Gasteiger partial charge in [-0.25, -0.2) is 4.98 Å². The molecule has 6 nitrogen and oxygen atoms in total. The van der Waals surface area contributed by atoms with E-state index in [1.54, 1.807) is 27.5 Å². The Kier molecular flexibility index (Phi) is 7.31. The lowest BCUT2D eigenvalue weighted by molar-refractivity contribution is 0.138. The number of hydrogen-bond acceptors (Lipinski definition) is 4. The number of ether oxygens (including phenoxy) is 2. The van der Waals surface area contributed by atoms with E-state index in [1.165, 1.54) is 25.7 Å². The zero-order valence-electron chi connectivity index (χ0n) is 15.1. The van der Waals surface area contributed by atoms with Crippen LogP contribution in [-0.2, 0) is 11.3 Å². The van der Waals surface area contributed by atoms with Gasteiger partial charge in [0, 0.05) is 45.6 Å². The molecule has 0 unspecified atom stereocenters. The van der Waals surface area contributed by atoms with Crippen molar-refractivity contribution in [2.45, 2.75) is 38.6 Å². The van der Waals surface area contributed by atoms with Gasteiger partial charge in [0.15, 0.2) is 5.96 Å². The number of nitrogens with zero attached hydrogens (tertiary/aromatic N) is 2. The van der Waals surface area contributed by atoms with E-state index >= 15 is 0 Å². The molecule has 1 heterocycles. The lowest BCUT2D eigenvalue weighted by atomic mass is 9.83. The Balaban J connectivity index is 1.87. The average Bonchev–Trinajstić information content (AvgIpc) is 3.09. The van der Waals surface area contributed by atoms with Crippen LogP contribution in [0.25, 0.3) is 0 Å². The van der Waals surface area contributed by atoms with Crippen LogP contribution in [0.2, 0.25) is 0 Å². The van der Waals surface area contributed by atoms with E-state index in [9.17, 15) is 0 Å². The zero-order valence-corrected chi connectivity index (χ0v) is 15.1. The molecule has 0 aliphatic heterocycles. The first-order valence-electron chi connectivity index (χ1n) is 8.64. The molecule has 24 heavy (non-hydrogen) atoms. The van der Waals surface area contributed by atoms with Crippen LogP contribution in [0, 0.1) is 5.41 Å². The minimum Gasteiger partial charge on any atom is -0.481 e. The highest BCUT2D eigenvalue weighted by Crippen LogP contribution is 2.40. The van der Waals surface area contributed by atoms with E-state index in [0.29, 0.717) is 17.8 Å².